The van der Waals surface area contributed by atoms with Crippen molar-refractivity contribution >= 4 is 74.6 Å². The lowest BCUT2D eigenvalue weighted by molar-refractivity contribution is -0.120. The Hall–Kier alpha value is -6.01. The first-order valence-corrected chi connectivity index (χ1v) is 25.9. The highest BCUT2D eigenvalue weighted by Gasteiger charge is 2.30. The van der Waals surface area contributed by atoms with E-state index in [2.05, 4.69) is 46.9 Å². The Kier molecular flexibility index (Phi) is 17.0. The molecule has 0 aliphatic heterocycles. The summed E-state index contributed by atoms with van der Waals surface area (Å²) in [4.78, 5) is 46.5. The van der Waals surface area contributed by atoms with E-state index < -0.39 is 5.44 Å². The Morgan fingerprint density at radius 1 is 0.479 bits per heavy atom. The largest absolute Gasteiger partial charge is 0.507 e. The van der Waals surface area contributed by atoms with E-state index in [1.165, 1.54) is 11.8 Å². The van der Waals surface area contributed by atoms with Gasteiger partial charge in [0.15, 0.2) is 5.12 Å². The van der Waals surface area contributed by atoms with Crippen molar-refractivity contribution in [3.8, 4) is 11.5 Å². The Labute approximate surface area is 430 Å². The van der Waals surface area contributed by atoms with Crippen molar-refractivity contribution in [3.63, 3.8) is 0 Å². The van der Waals surface area contributed by atoms with Crippen LogP contribution in [0.3, 0.4) is 0 Å². The van der Waals surface area contributed by atoms with Crippen molar-refractivity contribution < 1.29 is 29.7 Å². The first-order valence-electron chi connectivity index (χ1n) is 24.2. The van der Waals surface area contributed by atoms with Crippen LogP contribution in [-0.2, 0) is 36.0 Å². The number of hydrogen-bond donors (Lipinski definition) is 4. The van der Waals surface area contributed by atoms with Gasteiger partial charge < -0.3 is 20.6 Å². The topological polar surface area (TPSA) is 130 Å². The first kappa shape index (κ1) is 54.3. The van der Waals surface area contributed by atoms with Gasteiger partial charge in [-0.1, -0.05) is 143 Å². The number of anilines is 6. The summed E-state index contributed by atoms with van der Waals surface area (Å²) in [6.07, 6.45) is 0.357. The second-order valence-corrected chi connectivity index (χ2v) is 24.5. The summed E-state index contributed by atoms with van der Waals surface area (Å²) in [7, 11) is 0. The van der Waals surface area contributed by atoms with Gasteiger partial charge in [-0.25, -0.2) is 0 Å². The molecule has 0 aromatic heterocycles. The highest BCUT2D eigenvalue weighted by Crippen LogP contribution is 2.44. The molecule has 0 spiro atoms. The number of phenolic OH excluding ortho intramolecular Hbond substituents is 2. The number of hydrogen-bond acceptors (Lipinski definition) is 9. The van der Waals surface area contributed by atoms with E-state index in [0.717, 1.165) is 55.2 Å². The molecular weight excluding hydrogens is 923 g/mol. The van der Waals surface area contributed by atoms with E-state index in [4.69, 9.17) is 0 Å². The third-order valence-corrected chi connectivity index (χ3v) is 14.0. The molecule has 6 rings (SSSR count). The summed E-state index contributed by atoms with van der Waals surface area (Å²) in [5.41, 5.74) is 5.34. The highest BCUT2D eigenvalue weighted by atomic mass is 32.2. The van der Waals surface area contributed by atoms with Crippen LogP contribution in [0.5, 0.6) is 11.5 Å². The molecule has 0 aliphatic rings. The zero-order valence-electron chi connectivity index (χ0n) is 43.4. The maximum Gasteiger partial charge on any atom is 0.232 e. The van der Waals surface area contributed by atoms with E-state index in [-0.39, 0.29) is 75.8 Å². The van der Waals surface area contributed by atoms with Gasteiger partial charge in [0.1, 0.15) is 16.9 Å². The normalized spacial score (nSPS) is 12.6. The minimum atomic E-state index is -0.854. The van der Waals surface area contributed by atoms with Crippen molar-refractivity contribution in [1.82, 2.24) is 0 Å². The van der Waals surface area contributed by atoms with E-state index in [1.54, 1.807) is 9.80 Å². The average Bonchev–Trinajstić information content (AvgIpc) is 3.29. The summed E-state index contributed by atoms with van der Waals surface area (Å²) in [5, 5.41) is 36.9. The van der Waals surface area contributed by atoms with Crippen LogP contribution in [0.15, 0.2) is 143 Å². The minimum Gasteiger partial charge on any atom is -0.507 e. The Morgan fingerprint density at radius 2 is 0.817 bits per heavy atom. The molecule has 2 amide bonds. The fourth-order valence-electron chi connectivity index (χ4n) is 8.29. The predicted octanol–water partition coefficient (Wildman–Crippen LogP) is 15.4. The fraction of sp³-hybridized carbons (Fsp3) is 0.350. The maximum absolute atomic E-state index is 14.1. The van der Waals surface area contributed by atoms with Crippen molar-refractivity contribution in [2.45, 2.75) is 146 Å². The molecule has 0 saturated heterocycles. The number of aliphatic hydroxyl groups excluding tert-OH is 1. The number of nitrogens with zero attached hydrogens (tertiary/aromatic N) is 2. The number of carbonyl (C=O) groups excluding carboxylic acids is 3. The van der Waals surface area contributed by atoms with Crippen LogP contribution in [0.25, 0.3) is 0 Å². The van der Waals surface area contributed by atoms with Gasteiger partial charge in [-0.15, -0.1) is 0 Å². The number of aliphatic hydroxyl groups is 1. The number of aromatic hydroxyl groups is 2. The van der Waals surface area contributed by atoms with Crippen molar-refractivity contribution in [3.05, 3.63) is 156 Å². The molecule has 11 heteroatoms. The summed E-state index contributed by atoms with van der Waals surface area (Å²) >= 11 is 2.40. The molecule has 6 aromatic carbocycles. The molecule has 0 radical (unpaired) electrons. The standard InChI is InChI=1S/C60H71N3O6S2/c1-57(2,3)47-35-45(36-48(55(47)68)58(4,5)6)70-53(66)33-31-51(64)62(41-19-15-13-16-20-41)43-27-23-39(24-28-43)61-40-25-29-44(30-26-40)63(42-21-17-14-18-22-42)52(65)32-34-54(67)71-46-37-49(59(7,8)9)56(69)50(38-46)60(10,11)12/h13-30,35-38,53,61,66,68-69H,31-34H2,1-12H3. The predicted molar refractivity (Wildman–Crippen MR) is 296 cm³/mol. The van der Waals surface area contributed by atoms with Gasteiger partial charge in [0.05, 0.1) is 0 Å². The number of thioether (sulfide) groups is 2. The van der Waals surface area contributed by atoms with E-state index in [0.29, 0.717) is 22.7 Å². The Bertz CT molecular complexity index is 2730. The van der Waals surface area contributed by atoms with Gasteiger partial charge >= 0.3 is 0 Å². The van der Waals surface area contributed by atoms with Crippen LogP contribution in [0.2, 0.25) is 0 Å². The number of phenols is 2. The molecule has 0 aliphatic carbocycles. The number of benzene rings is 6. The van der Waals surface area contributed by atoms with Gasteiger partial charge in [0.2, 0.25) is 11.8 Å². The van der Waals surface area contributed by atoms with Gasteiger partial charge in [-0.05, 0) is 125 Å². The smallest absolute Gasteiger partial charge is 0.232 e. The van der Waals surface area contributed by atoms with Crippen LogP contribution < -0.4 is 15.1 Å². The van der Waals surface area contributed by atoms with Gasteiger partial charge in [-0.2, -0.15) is 0 Å². The first-order chi connectivity index (χ1) is 33.2. The number of para-hydroxylation sites is 2. The maximum atomic E-state index is 14.1. The third kappa shape index (κ3) is 14.1. The average molecular weight is 994 g/mol. The van der Waals surface area contributed by atoms with Crippen LogP contribution in [-0.4, -0.2) is 37.7 Å². The number of carbonyl (C=O) groups is 3. The Morgan fingerprint density at radius 3 is 1.18 bits per heavy atom. The molecule has 0 fully saturated rings. The summed E-state index contributed by atoms with van der Waals surface area (Å²) < 4.78 is 0. The van der Waals surface area contributed by atoms with E-state index in [9.17, 15) is 29.7 Å². The van der Waals surface area contributed by atoms with Crippen molar-refractivity contribution in [2.75, 3.05) is 15.1 Å². The van der Waals surface area contributed by atoms with Crippen LogP contribution in [0, 0.1) is 0 Å². The van der Waals surface area contributed by atoms with Crippen molar-refractivity contribution in [2.24, 2.45) is 0 Å². The van der Waals surface area contributed by atoms with Gasteiger partial charge in [0.25, 0.3) is 0 Å². The van der Waals surface area contributed by atoms with Crippen LogP contribution in [0.1, 0.15) is 131 Å². The molecule has 0 bridgehead atoms. The zero-order chi connectivity index (χ0) is 52.1. The fourth-order valence-corrected chi connectivity index (χ4v) is 10.0. The number of nitrogens with one attached hydrogen (secondary N) is 1. The molecule has 0 heterocycles. The molecule has 9 nitrogen and oxygen atoms in total. The summed E-state index contributed by atoms with van der Waals surface area (Å²) in [6, 6.07) is 41.6. The van der Waals surface area contributed by atoms with Gasteiger partial charge in [0, 0.05) is 85.4 Å². The van der Waals surface area contributed by atoms with Crippen LogP contribution >= 0.6 is 23.5 Å². The molecule has 1 atom stereocenters. The molecule has 6 aromatic rings. The molecule has 0 saturated carbocycles. The summed E-state index contributed by atoms with van der Waals surface area (Å²) in [5.74, 6) is 0.161. The highest BCUT2D eigenvalue weighted by molar-refractivity contribution is 8.13. The second kappa shape index (κ2) is 22.2. The SMILES string of the molecule is CC(C)(C)c1cc(SC(=O)CCC(=O)N(c2ccccc2)c2ccc(Nc3ccc(N(C(=O)CCC(O)Sc4cc(C(C)(C)C)c(O)c(C(C)(C)C)c4)c4ccccc4)cc3)cc2)cc(C(C)(C)C)c1O. The number of rotatable bonds is 15. The zero-order valence-corrected chi connectivity index (χ0v) is 45.0. The summed E-state index contributed by atoms with van der Waals surface area (Å²) in [6.45, 7) is 24.6. The van der Waals surface area contributed by atoms with Crippen LogP contribution in [0.4, 0.5) is 34.1 Å². The van der Waals surface area contributed by atoms with Gasteiger partial charge in [-0.3, -0.25) is 24.2 Å². The number of amides is 2. The second-order valence-electron chi connectivity index (χ2n) is 22.2. The lowest BCUT2D eigenvalue weighted by Gasteiger charge is -2.28. The van der Waals surface area contributed by atoms with E-state index in [1.807, 2.05) is 175 Å². The monoisotopic (exact) mass is 993 g/mol. The Balaban J connectivity index is 1.13. The molecule has 71 heavy (non-hydrogen) atoms. The molecule has 374 valence electrons. The lowest BCUT2D eigenvalue weighted by Crippen LogP contribution is -2.26. The molecular formula is C60H71N3O6S2. The minimum absolute atomic E-state index is 0.00210. The third-order valence-electron chi connectivity index (χ3n) is 12.1. The van der Waals surface area contributed by atoms with Crippen molar-refractivity contribution in [1.29, 1.82) is 0 Å². The molecule has 1 unspecified atom stereocenters. The van der Waals surface area contributed by atoms with E-state index >= 15 is 0 Å². The quantitative estimate of drug-likeness (QED) is 0.0587. The molecule has 4 N–H and O–H groups in total. The lowest BCUT2D eigenvalue weighted by atomic mass is 9.79.